The summed E-state index contributed by atoms with van der Waals surface area (Å²) in [5, 5.41) is 13.3. The Morgan fingerprint density at radius 2 is 1.78 bits per heavy atom. The standard InChI is InChI=1S/C27H28N8O2/c1-17-12-31-34(14-17)15-19-4-6-20(7-5-19)16-35-18(2)32-26(33-35)27(36)30-13-21-8-9-23-22(24(21)37-3)10-11-29-25(23)28/h4-12,14H,13,15-16H2,1-3H3,(H2,28,29)(H,30,36). The molecule has 0 radical (unpaired) electrons. The first-order chi connectivity index (χ1) is 17.9. The number of aromatic nitrogens is 6. The van der Waals surface area contributed by atoms with Gasteiger partial charge in [0.1, 0.15) is 17.4 Å². The molecule has 0 saturated heterocycles. The van der Waals surface area contributed by atoms with Gasteiger partial charge in [0.2, 0.25) is 5.82 Å². The first-order valence-corrected chi connectivity index (χ1v) is 11.9. The molecule has 3 N–H and O–H groups in total. The Hall–Kier alpha value is -4.73. The first-order valence-electron chi connectivity index (χ1n) is 11.9. The van der Waals surface area contributed by atoms with E-state index in [1.807, 2.05) is 49.1 Å². The summed E-state index contributed by atoms with van der Waals surface area (Å²) in [6.07, 6.45) is 5.50. The van der Waals surface area contributed by atoms with Crippen LogP contribution in [0.1, 0.15) is 38.7 Å². The molecule has 188 valence electrons. The van der Waals surface area contributed by atoms with Crippen LogP contribution >= 0.6 is 0 Å². The highest BCUT2D eigenvalue weighted by molar-refractivity contribution is 5.96. The summed E-state index contributed by atoms with van der Waals surface area (Å²) < 4.78 is 9.25. The van der Waals surface area contributed by atoms with Crippen molar-refractivity contribution in [2.24, 2.45) is 0 Å². The van der Waals surface area contributed by atoms with Crippen LogP contribution in [0.4, 0.5) is 5.82 Å². The Kier molecular flexibility index (Phi) is 6.55. The first kappa shape index (κ1) is 24.0. The van der Waals surface area contributed by atoms with Crippen LogP contribution in [0, 0.1) is 13.8 Å². The Morgan fingerprint density at radius 1 is 1.03 bits per heavy atom. The number of nitrogens with zero attached hydrogens (tertiary/aromatic N) is 6. The van der Waals surface area contributed by atoms with E-state index in [2.05, 4.69) is 49.7 Å². The zero-order valence-corrected chi connectivity index (χ0v) is 21.0. The Labute approximate surface area is 214 Å². The topological polar surface area (TPSA) is 126 Å². The van der Waals surface area contributed by atoms with Gasteiger partial charge in [-0.15, -0.1) is 5.10 Å². The second-order valence-electron chi connectivity index (χ2n) is 8.90. The van der Waals surface area contributed by atoms with Crippen LogP contribution in [-0.2, 0) is 19.6 Å². The van der Waals surface area contributed by atoms with Gasteiger partial charge in [-0.25, -0.2) is 14.6 Å². The molecule has 3 aromatic heterocycles. The van der Waals surface area contributed by atoms with Crippen LogP contribution in [0.2, 0.25) is 0 Å². The largest absolute Gasteiger partial charge is 0.496 e. The summed E-state index contributed by atoms with van der Waals surface area (Å²) in [5.41, 5.74) is 10.2. The van der Waals surface area contributed by atoms with Crippen molar-refractivity contribution in [3.05, 3.63) is 95.0 Å². The SMILES string of the molecule is COc1c(CNC(=O)c2nc(C)n(Cc3ccc(Cn4cc(C)cn4)cc3)n2)ccc2c(N)nccc12. The average Bonchev–Trinajstić information content (AvgIpc) is 3.48. The third kappa shape index (κ3) is 5.13. The van der Waals surface area contributed by atoms with E-state index in [0.29, 0.717) is 30.5 Å². The zero-order chi connectivity index (χ0) is 25.9. The number of anilines is 1. The van der Waals surface area contributed by atoms with Crippen molar-refractivity contribution in [1.29, 1.82) is 0 Å². The van der Waals surface area contributed by atoms with Gasteiger partial charge in [-0.3, -0.25) is 9.48 Å². The van der Waals surface area contributed by atoms with E-state index in [9.17, 15) is 4.79 Å². The molecule has 0 fully saturated rings. The minimum absolute atomic E-state index is 0.122. The fourth-order valence-electron chi connectivity index (χ4n) is 4.26. The number of nitrogen functional groups attached to an aromatic ring is 1. The maximum absolute atomic E-state index is 12.8. The van der Waals surface area contributed by atoms with E-state index in [1.54, 1.807) is 18.0 Å². The third-order valence-corrected chi connectivity index (χ3v) is 6.17. The molecule has 0 atom stereocenters. The summed E-state index contributed by atoms with van der Waals surface area (Å²) in [5.74, 6) is 1.50. The molecular weight excluding hydrogens is 468 g/mol. The summed E-state index contributed by atoms with van der Waals surface area (Å²) in [6.45, 7) is 5.35. The van der Waals surface area contributed by atoms with Crippen LogP contribution in [0.3, 0.4) is 0 Å². The highest BCUT2D eigenvalue weighted by atomic mass is 16.5. The molecule has 0 bridgehead atoms. The van der Waals surface area contributed by atoms with Crippen LogP contribution in [0.15, 0.2) is 61.1 Å². The number of pyridine rings is 1. The second kappa shape index (κ2) is 10.1. The number of methoxy groups -OCH3 is 1. The Bertz CT molecular complexity index is 1570. The Balaban J connectivity index is 1.24. The number of ether oxygens (including phenoxy) is 1. The number of hydrogen-bond donors (Lipinski definition) is 2. The third-order valence-electron chi connectivity index (χ3n) is 6.17. The molecule has 0 aliphatic rings. The van der Waals surface area contributed by atoms with Crippen molar-refractivity contribution < 1.29 is 9.53 Å². The van der Waals surface area contributed by atoms with Gasteiger partial charge in [0.25, 0.3) is 5.91 Å². The van der Waals surface area contributed by atoms with Crippen molar-refractivity contribution in [2.75, 3.05) is 12.8 Å². The van der Waals surface area contributed by atoms with Crippen LogP contribution in [0.5, 0.6) is 5.75 Å². The van der Waals surface area contributed by atoms with E-state index in [4.69, 9.17) is 10.5 Å². The van der Waals surface area contributed by atoms with Gasteiger partial charge in [-0.05, 0) is 36.6 Å². The molecule has 0 aliphatic heterocycles. The second-order valence-corrected chi connectivity index (χ2v) is 8.90. The highest BCUT2D eigenvalue weighted by Crippen LogP contribution is 2.31. The lowest BCUT2D eigenvalue weighted by Gasteiger charge is -2.13. The average molecular weight is 497 g/mol. The lowest BCUT2D eigenvalue weighted by Crippen LogP contribution is -2.24. The number of nitrogens with two attached hydrogens (primary N) is 1. The van der Waals surface area contributed by atoms with Gasteiger partial charge < -0.3 is 15.8 Å². The smallest absolute Gasteiger partial charge is 0.291 e. The van der Waals surface area contributed by atoms with E-state index in [1.165, 1.54) is 0 Å². The number of benzene rings is 2. The van der Waals surface area contributed by atoms with Crippen LogP contribution < -0.4 is 15.8 Å². The van der Waals surface area contributed by atoms with Gasteiger partial charge in [-0.2, -0.15) is 5.10 Å². The molecule has 0 spiro atoms. The predicted molar refractivity (Wildman–Crippen MR) is 140 cm³/mol. The number of hydrogen-bond acceptors (Lipinski definition) is 7. The predicted octanol–water partition coefficient (Wildman–Crippen LogP) is 3.26. The zero-order valence-electron chi connectivity index (χ0n) is 21.0. The number of nitrogens with one attached hydrogen (secondary N) is 1. The molecule has 37 heavy (non-hydrogen) atoms. The van der Waals surface area contributed by atoms with Crippen molar-refractivity contribution in [1.82, 2.24) is 34.8 Å². The number of rotatable bonds is 8. The molecule has 2 aromatic carbocycles. The number of carbonyl (C=O) groups is 1. The van der Waals surface area contributed by atoms with Gasteiger partial charge in [0.05, 0.1) is 26.4 Å². The molecule has 5 aromatic rings. The fraction of sp³-hybridized carbons (Fsp3) is 0.222. The minimum atomic E-state index is -0.358. The van der Waals surface area contributed by atoms with E-state index in [-0.39, 0.29) is 18.3 Å². The molecule has 0 saturated carbocycles. The molecule has 3 heterocycles. The molecule has 5 rings (SSSR count). The minimum Gasteiger partial charge on any atom is -0.496 e. The fourth-order valence-corrected chi connectivity index (χ4v) is 4.26. The van der Waals surface area contributed by atoms with Gasteiger partial charge >= 0.3 is 0 Å². The van der Waals surface area contributed by atoms with E-state index < -0.39 is 0 Å². The number of carbonyl (C=O) groups excluding carboxylic acids is 1. The van der Waals surface area contributed by atoms with E-state index in [0.717, 1.165) is 33.0 Å². The number of amides is 1. The molecule has 10 heteroatoms. The lowest BCUT2D eigenvalue weighted by molar-refractivity contribution is 0.0940. The maximum Gasteiger partial charge on any atom is 0.291 e. The molecule has 0 aliphatic carbocycles. The summed E-state index contributed by atoms with van der Waals surface area (Å²) in [4.78, 5) is 21.3. The maximum atomic E-state index is 12.8. The summed E-state index contributed by atoms with van der Waals surface area (Å²) >= 11 is 0. The number of fused-ring (bicyclic) bond motifs is 1. The monoisotopic (exact) mass is 496 g/mol. The molecule has 0 unspecified atom stereocenters. The van der Waals surface area contributed by atoms with Gasteiger partial charge in [-0.1, -0.05) is 36.4 Å². The quantitative estimate of drug-likeness (QED) is 0.338. The van der Waals surface area contributed by atoms with Crippen molar-refractivity contribution in [3.8, 4) is 5.75 Å². The molecule has 10 nitrogen and oxygen atoms in total. The summed E-state index contributed by atoms with van der Waals surface area (Å²) in [7, 11) is 1.59. The molecule has 1 amide bonds. The Morgan fingerprint density at radius 3 is 2.49 bits per heavy atom. The highest BCUT2D eigenvalue weighted by Gasteiger charge is 2.16. The van der Waals surface area contributed by atoms with Crippen LogP contribution in [0.25, 0.3) is 10.8 Å². The van der Waals surface area contributed by atoms with E-state index >= 15 is 0 Å². The number of aryl methyl sites for hydroxylation is 2. The normalized spacial score (nSPS) is 11.1. The van der Waals surface area contributed by atoms with Gasteiger partial charge in [0.15, 0.2) is 0 Å². The summed E-state index contributed by atoms with van der Waals surface area (Å²) in [6, 6.07) is 13.8. The van der Waals surface area contributed by atoms with Crippen molar-refractivity contribution in [3.63, 3.8) is 0 Å². The molecular formula is C27H28N8O2. The van der Waals surface area contributed by atoms with Gasteiger partial charge in [0, 0.05) is 35.3 Å². The van der Waals surface area contributed by atoms with Crippen LogP contribution in [-0.4, -0.2) is 42.5 Å². The van der Waals surface area contributed by atoms with Crippen molar-refractivity contribution >= 4 is 22.5 Å². The lowest BCUT2D eigenvalue weighted by atomic mass is 10.1. The van der Waals surface area contributed by atoms with Crippen molar-refractivity contribution in [2.45, 2.75) is 33.5 Å².